The highest BCUT2D eigenvalue weighted by Crippen LogP contribution is 2.66. The van der Waals surface area contributed by atoms with E-state index in [4.69, 9.17) is 4.74 Å². The van der Waals surface area contributed by atoms with Crippen molar-refractivity contribution in [3.05, 3.63) is 143 Å². The van der Waals surface area contributed by atoms with Crippen molar-refractivity contribution < 1.29 is 14.3 Å². The molecule has 4 atom stereocenters. The van der Waals surface area contributed by atoms with Gasteiger partial charge in [0.2, 0.25) is 11.8 Å². The van der Waals surface area contributed by atoms with Crippen LogP contribution in [0.2, 0.25) is 0 Å². The Morgan fingerprint density at radius 3 is 1.93 bits per heavy atom. The lowest BCUT2D eigenvalue weighted by molar-refractivity contribution is -0.140. The zero-order valence-electron chi connectivity index (χ0n) is 23.0. The minimum absolute atomic E-state index is 0.0770. The lowest BCUT2D eigenvalue weighted by Gasteiger charge is -2.57. The van der Waals surface area contributed by atoms with Crippen LogP contribution in [0, 0.1) is 11.8 Å². The molecule has 0 unspecified atom stereocenters. The highest BCUT2D eigenvalue weighted by molar-refractivity contribution is 6.08. The van der Waals surface area contributed by atoms with Gasteiger partial charge in [-0.1, -0.05) is 109 Å². The normalized spacial score (nSPS) is 29.9. The minimum Gasteiger partial charge on any atom is -0.360 e. The first-order valence-electron chi connectivity index (χ1n) is 14.6. The molecule has 2 heterocycles. The molecule has 4 aromatic rings. The van der Waals surface area contributed by atoms with Crippen LogP contribution in [0.1, 0.15) is 39.3 Å². The number of ether oxygens (including phenoxy) is 1. The second kappa shape index (κ2) is 9.23. The molecule has 41 heavy (non-hydrogen) atoms. The molecule has 4 aromatic carbocycles. The summed E-state index contributed by atoms with van der Waals surface area (Å²) >= 11 is 0. The van der Waals surface area contributed by atoms with Gasteiger partial charge >= 0.3 is 0 Å². The topological polar surface area (TPSA) is 49.9 Å². The molecule has 5 heteroatoms. The third-order valence-electron chi connectivity index (χ3n) is 10.0. The zero-order valence-corrected chi connectivity index (χ0v) is 23.0. The summed E-state index contributed by atoms with van der Waals surface area (Å²) in [6.07, 6.45) is 0.420. The highest BCUT2D eigenvalue weighted by Gasteiger charge is 2.71. The van der Waals surface area contributed by atoms with Crippen molar-refractivity contribution in [1.29, 1.82) is 0 Å². The molecule has 9 rings (SSSR count). The number of amides is 2. The van der Waals surface area contributed by atoms with E-state index in [0.29, 0.717) is 13.2 Å². The maximum atomic E-state index is 14.2. The van der Waals surface area contributed by atoms with Gasteiger partial charge in [-0.2, -0.15) is 0 Å². The summed E-state index contributed by atoms with van der Waals surface area (Å²) in [4.78, 5) is 31.9. The first-order chi connectivity index (χ1) is 20.1. The van der Waals surface area contributed by atoms with E-state index in [-0.39, 0.29) is 23.8 Å². The van der Waals surface area contributed by atoms with Crippen molar-refractivity contribution >= 4 is 11.8 Å². The molecule has 5 aliphatic rings. The quantitative estimate of drug-likeness (QED) is 0.329. The van der Waals surface area contributed by atoms with Crippen LogP contribution in [-0.2, 0) is 32.7 Å². The van der Waals surface area contributed by atoms with Gasteiger partial charge in [0.25, 0.3) is 0 Å². The van der Waals surface area contributed by atoms with Crippen molar-refractivity contribution in [2.75, 3.05) is 13.7 Å². The lowest BCUT2D eigenvalue weighted by atomic mass is 9.46. The monoisotopic (exact) mass is 540 g/mol. The molecule has 0 saturated carbocycles. The third kappa shape index (κ3) is 3.36. The SMILES string of the molecule is CN1C(=O)[C@H]2C3c4ccccc4C([C@H]4OC[C@H](Cc5ccccc5)N4Cc4ccccc4)(c4ccccc43)[C@H]2C1=O. The molecular formula is C36H32N2O3. The van der Waals surface area contributed by atoms with E-state index >= 15 is 0 Å². The van der Waals surface area contributed by atoms with E-state index in [9.17, 15) is 9.59 Å². The van der Waals surface area contributed by atoms with Gasteiger partial charge < -0.3 is 4.74 Å². The average molecular weight is 541 g/mol. The number of benzene rings is 4. The van der Waals surface area contributed by atoms with Gasteiger partial charge in [0.05, 0.1) is 23.9 Å². The Labute approximate surface area is 240 Å². The Morgan fingerprint density at radius 1 is 0.732 bits per heavy atom. The summed E-state index contributed by atoms with van der Waals surface area (Å²) in [5.41, 5.74) is 6.21. The minimum atomic E-state index is -0.815. The standard InChI is InChI=1S/C36H32N2O3/c1-37-33(39)31-30-26-16-8-10-18-28(26)36(32(31)34(37)40,29-19-11-9-17-27(29)30)35-38(21-24-14-6-3-7-15-24)25(22-41-35)20-23-12-4-2-5-13-23/h2-19,25,30-32,35H,20-22H2,1H3/t25-,30?,31-,32+,35+,36?/m0/s1. The lowest BCUT2D eigenvalue weighted by Crippen LogP contribution is -2.63. The van der Waals surface area contributed by atoms with E-state index < -0.39 is 23.5 Å². The Balaban J connectivity index is 1.36. The first kappa shape index (κ1) is 24.7. The predicted molar refractivity (Wildman–Crippen MR) is 156 cm³/mol. The number of hydrogen-bond donors (Lipinski definition) is 0. The van der Waals surface area contributed by atoms with Crippen molar-refractivity contribution in [3.63, 3.8) is 0 Å². The maximum absolute atomic E-state index is 14.2. The van der Waals surface area contributed by atoms with Crippen molar-refractivity contribution in [1.82, 2.24) is 9.80 Å². The van der Waals surface area contributed by atoms with E-state index in [1.807, 2.05) is 12.1 Å². The fourth-order valence-electron chi connectivity index (χ4n) is 8.44. The number of carbonyl (C=O) groups excluding carboxylic acids is 2. The number of carbonyl (C=O) groups is 2. The van der Waals surface area contributed by atoms with Gasteiger partial charge in [0, 0.05) is 25.6 Å². The molecule has 204 valence electrons. The highest BCUT2D eigenvalue weighted by atomic mass is 16.5. The Kier molecular flexibility index (Phi) is 5.56. The third-order valence-corrected chi connectivity index (χ3v) is 10.0. The Bertz CT molecular complexity index is 1600. The van der Waals surface area contributed by atoms with Crippen LogP contribution in [0.4, 0.5) is 0 Å². The van der Waals surface area contributed by atoms with Crippen molar-refractivity contribution in [3.8, 4) is 0 Å². The van der Waals surface area contributed by atoms with E-state index in [0.717, 1.165) is 28.7 Å². The molecule has 0 aromatic heterocycles. The fourth-order valence-corrected chi connectivity index (χ4v) is 8.44. The summed E-state index contributed by atoms with van der Waals surface area (Å²) in [5, 5.41) is 0. The van der Waals surface area contributed by atoms with E-state index in [2.05, 4.69) is 102 Å². The molecule has 3 aliphatic carbocycles. The van der Waals surface area contributed by atoms with Crippen LogP contribution in [0.25, 0.3) is 0 Å². The molecule has 0 radical (unpaired) electrons. The van der Waals surface area contributed by atoms with E-state index in [1.165, 1.54) is 16.0 Å². The number of nitrogens with zero attached hydrogens (tertiary/aromatic N) is 2. The number of rotatable bonds is 5. The van der Waals surface area contributed by atoms with Crippen LogP contribution in [0.3, 0.4) is 0 Å². The first-order valence-corrected chi connectivity index (χ1v) is 14.6. The number of imide groups is 1. The smallest absolute Gasteiger partial charge is 0.234 e. The van der Waals surface area contributed by atoms with Gasteiger partial charge in [-0.15, -0.1) is 0 Å². The van der Waals surface area contributed by atoms with Crippen molar-refractivity contribution in [2.45, 2.75) is 36.6 Å². The van der Waals surface area contributed by atoms with E-state index in [1.54, 1.807) is 7.05 Å². The Hall–Kier alpha value is -4.06. The van der Waals surface area contributed by atoms with Crippen LogP contribution in [0.5, 0.6) is 0 Å². The van der Waals surface area contributed by atoms with Gasteiger partial charge in [-0.25, -0.2) is 0 Å². The summed E-state index contributed by atoms with van der Waals surface area (Å²) in [6.45, 7) is 1.24. The molecule has 5 nitrogen and oxygen atoms in total. The van der Waals surface area contributed by atoms with Crippen molar-refractivity contribution in [2.24, 2.45) is 11.8 Å². The predicted octanol–water partition coefficient (Wildman–Crippen LogP) is 5.13. The van der Waals surface area contributed by atoms with Crippen LogP contribution < -0.4 is 0 Å². The summed E-state index contributed by atoms with van der Waals surface area (Å²) in [6, 6.07) is 38.1. The molecule has 2 saturated heterocycles. The number of hydrogen-bond acceptors (Lipinski definition) is 4. The maximum Gasteiger partial charge on any atom is 0.234 e. The van der Waals surface area contributed by atoms with Crippen LogP contribution >= 0.6 is 0 Å². The second-order valence-corrected chi connectivity index (χ2v) is 11.9. The summed E-state index contributed by atoms with van der Waals surface area (Å²) in [7, 11) is 1.65. The summed E-state index contributed by atoms with van der Waals surface area (Å²) < 4.78 is 6.97. The molecule has 2 aliphatic heterocycles. The summed E-state index contributed by atoms with van der Waals surface area (Å²) in [5.74, 6) is -1.27. The zero-order chi connectivity index (χ0) is 27.7. The van der Waals surface area contributed by atoms with Gasteiger partial charge in [-0.05, 0) is 39.8 Å². The molecule has 0 spiro atoms. The number of likely N-dealkylation sites (tertiary alicyclic amines) is 1. The molecule has 2 bridgehead atoms. The fraction of sp³-hybridized carbons (Fsp3) is 0.278. The molecular weight excluding hydrogens is 508 g/mol. The van der Waals surface area contributed by atoms with Gasteiger partial charge in [0.15, 0.2) is 0 Å². The molecule has 2 fully saturated rings. The van der Waals surface area contributed by atoms with Crippen LogP contribution in [-0.4, -0.2) is 47.5 Å². The largest absolute Gasteiger partial charge is 0.360 e. The van der Waals surface area contributed by atoms with Gasteiger partial charge in [-0.3, -0.25) is 19.4 Å². The van der Waals surface area contributed by atoms with Crippen LogP contribution in [0.15, 0.2) is 109 Å². The van der Waals surface area contributed by atoms with Gasteiger partial charge in [0.1, 0.15) is 6.23 Å². The second-order valence-electron chi connectivity index (χ2n) is 11.9. The molecule has 0 N–H and O–H groups in total. The Morgan fingerprint density at radius 2 is 1.29 bits per heavy atom. The average Bonchev–Trinajstić information content (AvgIpc) is 3.52. The molecule has 2 amide bonds.